The maximum atomic E-state index is 11.8. The molecular formula is C13H24N2O2. The van der Waals surface area contributed by atoms with Crippen LogP contribution in [-0.2, 0) is 9.53 Å². The summed E-state index contributed by atoms with van der Waals surface area (Å²) in [6.45, 7) is 3.75. The summed E-state index contributed by atoms with van der Waals surface area (Å²) < 4.78 is 5.33. The predicted molar refractivity (Wildman–Crippen MR) is 66.5 cm³/mol. The second-order valence-electron chi connectivity index (χ2n) is 5.51. The van der Waals surface area contributed by atoms with E-state index < -0.39 is 0 Å². The Morgan fingerprint density at radius 3 is 2.53 bits per heavy atom. The van der Waals surface area contributed by atoms with Gasteiger partial charge in [-0.15, -0.1) is 0 Å². The van der Waals surface area contributed by atoms with E-state index in [1.165, 1.54) is 12.8 Å². The van der Waals surface area contributed by atoms with Crippen LogP contribution >= 0.6 is 0 Å². The molecule has 1 aliphatic carbocycles. The van der Waals surface area contributed by atoms with Gasteiger partial charge in [0.2, 0.25) is 5.91 Å². The van der Waals surface area contributed by atoms with Crippen molar-refractivity contribution in [2.45, 2.75) is 51.1 Å². The average Bonchev–Trinajstić information content (AvgIpc) is 3.13. The van der Waals surface area contributed by atoms with Gasteiger partial charge in [0.15, 0.2) is 0 Å². The van der Waals surface area contributed by atoms with Crippen molar-refractivity contribution in [3.05, 3.63) is 0 Å². The Labute approximate surface area is 103 Å². The van der Waals surface area contributed by atoms with Crippen molar-refractivity contribution in [3.63, 3.8) is 0 Å². The summed E-state index contributed by atoms with van der Waals surface area (Å²) in [5, 5.41) is 3.09. The van der Waals surface area contributed by atoms with E-state index in [0.29, 0.717) is 18.3 Å². The molecule has 2 unspecified atom stereocenters. The standard InChI is InChI=1S/C13H24N2O2/c1-9(10-4-6-17-7-5-10)15-13(16)8-12(14)11-2-3-11/h9-12H,2-8,14H2,1H3,(H,15,16). The molecule has 1 heterocycles. The summed E-state index contributed by atoms with van der Waals surface area (Å²) in [7, 11) is 0. The second kappa shape index (κ2) is 5.83. The number of nitrogens with one attached hydrogen (secondary N) is 1. The number of hydrogen-bond donors (Lipinski definition) is 2. The number of rotatable bonds is 5. The van der Waals surface area contributed by atoms with Gasteiger partial charge in [0, 0.05) is 31.7 Å². The van der Waals surface area contributed by atoms with Crippen LogP contribution in [0.3, 0.4) is 0 Å². The molecule has 4 nitrogen and oxygen atoms in total. The van der Waals surface area contributed by atoms with Crippen LogP contribution in [0, 0.1) is 11.8 Å². The highest BCUT2D eigenvalue weighted by Gasteiger charge is 2.30. The first-order chi connectivity index (χ1) is 8.16. The van der Waals surface area contributed by atoms with Gasteiger partial charge in [0.1, 0.15) is 0 Å². The molecule has 3 N–H and O–H groups in total. The van der Waals surface area contributed by atoms with Crippen LogP contribution in [0.5, 0.6) is 0 Å². The number of carbonyl (C=O) groups is 1. The van der Waals surface area contributed by atoms with Crippen molar-refractivity contribution in [3.8, 4) is 0 Å². The van der Waals surface area contributed by atoms with Crippen molar-refractivity contribution in [2.75, 3.05) is 13.2 Å². The van der Waals surface area contributed by atoms with E-state index in [1.54, 1.807) is 0 Å². The fourth-order valence-corrected chi connectivity index (χ4v) is 2.55. The van der Waals surface area contributed by atoms with Crippen molar-refractivity contribution in [2.24, 2.45) is 17.6 Å². The molecule has 0 aromatic heterocycles. The third-order valence-corrected chi connectivity index (χ3v) is 4.01. The Kier molecular flexibility index (Phi) is 4.40. The molecule has 0 aromatic carbocycles. The van der Waals surface area contributed by atoms with E-state index in [9.17, 15) is 4.79 Å². The molecule has 17 heavy (non-hydrogen) atoms. The zero-order valence-corrected chi connectivity index (χ0v) is 10.7. The quantitative estimate of drug-likeness (QED) is 0.755. The van der Waals surface area contributed by atoms with E-state index in [1.807, 2.05) is 0 Å². The normalized spacial score (nSPS) is 25.3. The molecule has 1 saturated carbocycles. The minimum atomic E-state index is 0.0666. The summed E-state index contributed by atoms with van der Waals surface area (Å²) in [6.07, 6.45) is 4.98. The molecule has 0 radical (unpaired) electrons. The molecular weight excluding hydrogens is 216 g/mol. The molecule has 2 atom stereocenters. The Morgan fingerprint density at radius 2 is 1.94 bits per heavy atom. The Bertz CT molecular complexity index is 260. The number of ether oxygens (including phenoxy) is 1. The van der Waals surface area contributed by atoms with Crippen molar-refractivity contribution in [1.82, 2.24) is 5.32 Å². The van der Waals surface area contributed by atoms with Gasteiger partial charge in [0.25, 0.3) is 0 Å². The smallest absolute Gasteiger partial charge is 0.221 e. The zero-order chi connectivity index (χ0) is 12.3. The van der Waals surface area contributed by atoms with Crippen LogP contribution in [0.2, 0.25) is 0 Å². The van der Waals surface area contributed by atoms with E-state index >= 15 is 0 Å². The first-order valence-electron chi connectivity index (χ1n) is 6.79. The van der Waals surface area contributed by atoms with Crippen LogP contribution in [0.15, 0.2) is 0 Å². The maximum absolute atomic E-state index is 11.8. The highest BCUT2D eigenvalue weighted by molar-refractivity contribution is 5.76. The summed E-state index contributed by atoms with van der Waals surface area (Å²) >= 11 is 0. The van der Waals surface area contributed by atoms with Gasteiger partial charge in [-0.1, -0.05) is 0 Å². The highest BCUT2D eigenvalue weighted by Crippen LogP contribution is 2.32. The Hall–Kier alpha value is -0.610. The van der Waals surface area contributed by atoms with Crippen LogP contribution in [-0.4, -0.2) is 31.2 Å². The fourth-order valence-electron chi connectivity index (χ4n) is 2.55. The monoisotopic (exact) mass is 240 g/mol. The zero-order valence-electron chi connectivity index (χ0n) is 10.7. The van der Waals surface area contributed by atoms with Crippen molar-refractivity contribution < 1.29 is 9.53 Å². The van der Waals surface area contributed by atoms with Gasteiger partial charge in [0.05, 0.1) is 0 Å². The third-order valence-electron chi connectivity index (χ3n) is 4.01. The minimum Gasteiger partial charge on any atom is -0.381 e. The van der Waals surface area contributed by atoms with Crippen LogP contribution < -0.4 is 11.1 Å². The van der Waals surface area contributed by atoms with Gasteiger partial charge in [-0.3, -0.25) is 4.79 Å². The SMILES string of the molecule is CC(NC(=O)CC(N)C1CC1)C1CCOCC1. The average molecular weight is 240 g/mol. The van der Waals surface area contributed by atoms with Crippen LogP contribution in [0.4, 0.5) is 0 Å². The molecule has 2 aliphatic rings. The van der Waals surface area contributed by atoms with E-state index in [4.69, 9.17) is 10.5 Å². The van der Waals surface area contributed by atoms with Gasteiger partial charge >= 0.3 is 0 Å². The summed E-state index contributed by atoms with van der Waals surface area (Å²) in [5.74, 6) is 1.27. The van der Waals surface area contributed by atoms with E-state index in [2.05, 4.69) is 12.2 Å². The molecule has 1 saturated heterocycles. The third kappa shape index (κ3) is 3.96. The Morgan fingerprint density at radius 1 is 1.29 bits per heavy atom. The van der Waals surface area contributed by atoms with Gasteiger partial charge in [-0.2, -0.15) is 0 Å². The maximum Gasteiger partial charge on any atom is 0.221 e. The van der Waals surface area contributed by atoms with Gasteiger partial charge in [-0.25, -0.2) is 0 Å². The van der Waals surface area contributed by atoms with Crippen molar-refractivity contribution >= 4 is 5.91 Å². The fraction of sp³-hybridized carbons (Fsp3) is 0.923. The lowest BCUT2D eigenvalue weighted by Crippen LogP contribution is -2.42. The number of amides is 1. The lowest BCUT2D eigenvalue weighted by molar-refractivity contribution is -0.122. The van der Waals surface area contributed by atoms with Gasteiger partial charge < -0.3 is 15.8 Å². The number of nitrogens with two attached hydrogens (primary N) is 1. The van der Waals surface area contributed by atoms with E-state index in [-0.39, 0.29) is 18.0 Å². The second-order valence-corrected chi connectivity index (χ2v) is 5.51. The molecule has 1 amide bonds. The lowest BCUT2D eigenvalue weighted by Gasteiger charge is -2.28. The molecule has 4 heteroatoms. The molecule has 2 rings (SSSR count). The van der Waals surface area contributed by atoms with E-state index in [0.717, 1.165) is 26.1 Å². The topological polar surface area (TPSA) is 64.4 Å². The van der Waals surface area contributed by atoms with Crippen molar-refractivity contribution in [1.29, 1.82) is 0 Å². The Balaban J connectivity index is 1.69. The number of hydrogen-bond acceptors (Lipinski definition) is 3. The molecule has 98 valence electrons. The minimum absolute atomic E-state index is 0.0666. The largest absolute Gasteiger partial charge is 0.381 e. The summed E-state index contributed by atoms with van der Waals surface area (Å²) in [5.41, 5.74) is 5.95. The number of carbonyl (C=O) groups excluding carboxylic acids is 1. The molecule has 0 aromatic rings. The highest BCUT2D eigenvalue weighted by atomic mass is 16.5. The first kappa shape index (κ1) is 12.8. The lowest BCUT2D eigenvalue weighted by atomic mass is 9.93. The molecule has 2 fully saturated rings. The first-order valence-corrected chi connectivity index (χ1v) is 6.79. The van der Waals surface area contributed by atoms with Gasteiger partial charge in [-0.05, 0) is 44.4 Å². The molecule has 0 bridgehead atoms. The molecule has 0 spiro atoms. The summed E-state index contributed by atoms with van der Waals surface area (Å²) in [6, 6.07) is 0.315. The predicted octanol–water partition coefficient (Wildman–Crippen LogP) is 1.05. The molecule has 1 aliphatic heterocycles. The summed E-state index contributed by atoms with van der Waals surface area (Å²) in [4.78, 5) is 11.8. The van der Waals surface area contributed by atoms with Crippen LogP contribution in [0.25, 0.3) is 0 Å². The van der Waals surface area contributed by atoms with Crippen LogP contribution in [0.1, 0.15) is 39.0 Å².